The van der Waals surface area contributed by atoms with Crippen LogP contribution in [0.4, 0.5) is 10.5 Å². The number of rotatable bonds is 2. The summed E-state index contributed by atoms with van der Waals surface area (Å²) in [5.74, 6) is 0.858. The molecule has 0 radical (unpaired) electrons. The third-order valence-electron chi connectivity index (χ3n) is 4.88. The van der Waals surface area contributed by atoms with Crippen molar-refractivity contribution in [3.05, 3.63) is 29.9 Å². The maximum atomic E-state index is 12.6. The molecule has 2 saturated heterocycles. The summed E-state index contributed by atoms with van der Waals surface area (Å²) in [5.41, 5.74) is 1.41. The number of nitrogens with zero attached hydrogens (tertiary/aromatic N) is 3. The van der Waals surface area contributed by atoms with Crippen molar-refractivity contribution in [1.29, 1.82) is 0 Å². The van der Waals surface area contributed by atoms with Crippen LogP contribution in [0.1, 0.15) is 0 Å². The van der Waals surface area contributed by atoms with Crippen molar-refractivity contribution >= 4 is 23.1 Å². The van der Waals surface area contributed by atoms with Gasteiger partial charge in [-0.2, -0.15) is 5.10 Å². The third kappa shape index (κ3) is 2.02. The summed E-state index contributed by atoms with van der Waals surface area (Å²) in [6.07, 6.45) is 7.98. The number of aromatic amines is 1. The molecule has 7 nitrogen and oxygen atoms in total. The summed E-state index contributed by atoms with van der Waals surface area (Å²) in [5, 5.41) is 12.6. The van der Waals surface area contributed by atoms with Crippen LogP contribution < -0.4 is 5.32 Å². The lowest BCUT2D eigenvalue weighted by atomic mass is 9.86. The number of nitrogens with one attached hydrogen (secondary N) is 2. The Morgan fingerprint density at radius 3 is 2.83 bits per heavy atom. The largest absolute Gasteiger partial charge is 0.366 e. The van der Waals surface area contributed by atoms with E-state index in [1.54, 1.807) is 12.4 Å². The Labute approximate surface area is 136 Å². The molecule has 4 atom stereocenters. The molecule has 0 unspecified atom stereocenters. The molecule has 118 valence electrons. The molecule has 2 fully saturated rings. The zero-order valence-electron chi connectivity index (χ0n) is 12.2. The third-order valence-corrected chi connectivity index (χ3v) is 5.67. The van der Waals surface area contributed by atoms with Crippen LogP contribution in [-0.2, 0) is 4.74 Å². The molecule has 2 bridgehead atoms. The molecule has 0 spiro atoms. The first-order valence-corrected chi connectivity index (χ1v) is 8.50. The number of hydrogen-bond acceptors (Lipinski definition) is 5. The van der Waals surface area contributed by atoms with Gasteiger partial charge in [0, 0.05) is 36.5 Å². The number of ether oxygens (including phenoxy) is 1. The van der Waals surface area contributed by atoms with E-state index in [9.17, 15) is 4.79 Å². The molecule has 0 saturated carbocycles. The maximum absolute atomic E-state index is 12.6. The van der Waals surface area contributed by atoms with E-state index in [-0.39, 0.29) is 18.2 Å². The SMILES string of the molecule is O=C(Nc1cn[nH]c1-c1nccs1)N1C[C@@H]2[C@@H](C1)[C@H]1C=C[C@H]2O1. The van der Waals surface area contributed by atoms with E-state index in [0.29, 0.717) is 17.5 Å². The van der Waals surface area contributed by atoms with Gasteiger partial charge >= 0.3 is 6.03 Å². The summed E-state index contributed by atoms with van der Waals surface area (Å²) in [7, 11) is 0. The Kier molecular flexibility index (Phi) is 2.83. The van der Waals surface area contributed by atoms with Gasteiger partial charge in [0.1, 0.15) is 10.7 Å². The number of carbonyl (C=O) groups is 1. The molecule has 8 heteroatoms. The van der Waals surface area contributed by atoms with E-state index in [1.165, 1.54) is 11.3 Å². The number of thiazole rings is 1. The predicted molar refractivity (Wildman–Crippen MR) is 85.1 cm³/mol. The van der Waals surface area contributed by atoms with Crippen molar-refractivity contribution in [1.82, 2.24) is 20.1 Å². The Morgan fingerprint density at radius 2 is 2.13 bits per heavy atom. The summed E-state index contributed by atoms with van der Waals surface area (Å²) in [6.45, 7) is 1.49. The van der Waals surface area contributed by atoms with Gasteiger partial charge in [-0.25, -0.2) is 9.78 Å². The molecular formula is C15H15N5O2S. The van der Waals surface area contributed by atoms with E-state index in [2.05, 4.69) is 32.7 Å². The van der Waals surface area contributed by atoms with Crippen molar-refractivity contribution in [3.8, 4) is 10.7 Å². The molecule has 0 aromatic carbocycles. The van der Waals surface area contributed by atoms with Gasteiger partial charge in [0.2, 0.25) is 0 Å². The van der Waals surface area contributed by atoms with Crippen LogP contribution in [0.15, 0.2) is 29.9 Å². The van der Waals surface area contributed by atoms with Gasteiger partial charge in [-0.05, 0) is 0 Å². The number of anilines is 1. The van der Waals surface area contributed by atoms with Crippen molar-refractivity contribution in [2.24, 2.45) is 11.8 Å². The minimum atomic E-state index is -0.0852. The van der Waals surface area contributed by atoms with Crippen molar-refractivity contribution < 1.29 is 9.53 Å². The number of fused-ring (bicyclic) bond motifs is 5. The van der Waals surface area contributed by atoms with E-state index >= 15 is 0 Å². The molecule has 2 amide bonds. The Balaban J connectivity index is 1.31. The van der Waals surface area contributed by atoms with Crippen molar-refractivity contribution in [3.63, 3.8) is 0 Å². The first-order valence-electron chi connectivity index (χ1n) is 7.62. The van der Waals surface area contributed by atoms with Gasteiger partial charge < -0.3 is 15.0 Å². The van der Waals surface area contributed by atoms with Gasteiger partial charge in [-0.3, -0.25) is 5.10 Å². The quantitative estimate of drug-likeness (QED) is 0.825. The average Bonchev–Trinajstić information content (AvgIpc) is 3.31. The summed E-state index contributed by atoms with van der Waals surface area (Å²) < 4.78 is 5.85. The van der Waals surface area contributed by atoms with Crippen LogP contribution in [0.2, 0.25) is 0 Å². The highest BCUT2D eigenvalue weighted by molar-refractivity contribution is 7.13. The van der Waals surface area contributed by atoms with Gasteiger partial charge in [-0.1, -0.05) is 12.2 Å². The van der Waals surface area contributed by atoms with Gasteiger partial charge in [0.25, 0.3) is 0 Å². The monoisotopic (exact) mass is 329 g/mol. The molecule has 2 aromatic heterocycles. The second-order valence-electron chi connectivity index (χ2n) is 6.11. The summed E-state index contributed by atoms with van der Waals surface area (Å²) >= 11 is 1.50. The number of H-pyrrole nitrogens is 1. The zero-order valence-corrected chi connectivity index (χ0v) is 13.0. The maximum Gasteiger partial charge on any atom is 0.321 e. The van der Waals surface area contributed by atoms with Crippen molar-refractivity contribution in [2.75, 3.05) is 18.4 Å². The molecule has 5 rings (SSSR count). The minimum Gasteiger partial charge on any atom is -0.366 e. The smallest absolute Gasteiger partial charge is 0.321 e. The Hall–Kier alpha value is -2.19. The lowest BCUT2D eigenvalue weighted by Gasteiger charge is -2.19. The highest BCUT2D eigenvalue weighted by Crippen LogP contribution is 2.43. The van der Waals surface area contributed by atoms with Gasteiger partial charge in [-0.15, -0.1) is 11.3 Å². The Morgan fingerprint density at radius 1 is 1.35 bits per heavy atom. The van der Waals surface area contributed by atoms with Gasteiger partial charge in [0.15, 0.2) is 0 Å². The fourth-order valence-corrected chi connectivity index (χ4v) is 4.42. The molecule has 2 N–H and O–H groups in total. The molecule has 3 aliphatic heterocycles. The molecule has 23 heavy (non-hydrogen) atoms. The zero-order chi connectivity index (χ0) is 15.4. The molecule has 2 aromatic rings. The first-order chi connectivity index (χ1) is 11.3. The molecule has 3 aliphatic rings. The second kappa shape index (κ2) is 4.90. The molecule has 5 heterocycles. The molecular weight excluding hydrogens is 314 g/mol. The number of hydrogen-bond donors (Lipinski definition) is 2. The lowest BCUT2D eigenvalue weighted by molar-refractivity contribution is 0.0892. The van der Waals surface area contributed by atoms with Crippen LogP contribution in [-0.4, -0.2) is 51.4 Å². The fraction of sp³-hybridized carbons (Fsp3) is 0.400. The lowest BCUT2D eigenvalue weighted by Crippen LogP contribution is -2.35. The Bertz CT molecular complexity index is 751. The standard InChI is InChI=1S/C15H15N5O2S/c21-15(18-10-5-17-19-13(10)14-16-3-4-23-14)20-6-8-9(7-20)12-2-1-11(8)22-12/h1-5,8-9,11-12H,6-7H2,(H,17,19)(H,18,21)/t8-,9-,11-,12-/m1/s1. The van der Waals surface area contributed by atoms with Crippen LogP contribution in [0, 0.1) is 11.8 Å². The van der Waals surface area contributed by atoms with Crippen LogP contribution in [0.5, 0.6) is 0 Å². The number of carbonyl (C=O) groups excluding carboxylic acids is 1. The topological polar surface area (TPSA) is 83.1 Å². The predicted octanol–water partition coefficient (Wildman–Crippen LogP) is 1.95. The molecule has 0 aliphatic carbocycles. The summed E-state index contributed by atoms with van der Waals surface area (Å²) in [4.78, 5) is 18.7. The van der Waals surface area contributed by atoms with E-state index in [1.807, 2.05) is 10.3 Å². The fourth-order valence-electron chi connectivity index (χ4n) is 3.78. The number of urea groups is 1. The van der Waals surface area contributed by atoms with Crippen LogP contribution in [0.25, 0.3) is 10.7 Å². The van der Waals surface area contributed by atoms with Gasteiger partial charge in [0.05, 0.1) is 24.1 Å². The first kappa shape index (κ1) is 13.3. The average molecular weight is 329 g/mol. The number of amides is 2. The minimum absolute atomic E-state index is 0.0852. The van der Waals surface area contributed by atoms with E-state index in [0.717, 1.165) is 23.8 Å². The van der Waals surface area contributed by atoms with Crippen molar-refractivity contribution in [2.45, 2.75) is 12.2 Å². The number of aromatic nitrogens is 3. The van der Waals surface area contributed by atoms with Crippen LogP contribution >= 0.6 is 11.3 Å². The number of likely N-dealkylation sites (tertiary alicyclic amines) is 1. The highest BCUT2D eigenvalue weighted by Gasteiger charge is 2.51. The van der Waals surface area contributed by atoms with E-state index in [4.69, 9.17) is 4.74 Å². The van der Waals surface area contributed by atoms with E-state index < -0.39 is 0 Å². The summed E-state index contributed by atoms with van der Waals surface area (Å²) in [6, 6.07) is -0.0852. The normalized spacial score (nSPS) is 30.9. The highest BCUT2D eigenvalue weighted by atomic mass is 32.1. The second-order valence-corrected chi connectivity index (χ2v) is 7.00. The van der Waals surface area contributed by atoms with Crippen LogP contribution in [0.3, 0.4) is 0 Å².